The van der Waals surface area contributed by atoms with Gasteiger partial charge in [0, 0.05) is 5.56 Å². The normalized spacial score (nSPS) is 21.3. The first kappa shape index (κ1) is 12.0. The van der Waals surface area contributed by atoms with Crippen molar-refractivity contribution >= 4 is 18.6 Å². The Bertz CT molecular complexity index is 609. The highest BCUT2D eigenvalue weighted by molar-refractivity contribution is 6.62. The van der Waals surface area contributed by atoms with Crippen molar-refractivity contribution in [2.45, 2.75) is 5.60 Å². The fourth-order valence-electron chi connectivity index (χ4n) is 2.40. The lowest BCUT2D eigenvalue weighted by molar-refractivity contribution is -0.157. The van der Waals surface area contributed by atoms with Crippen LogP contribution < -0.4 is 5.46 Å². The zero-order chi connectivity index (χ0) is 13.5. The van der Waals surface area contributed by atoms with Gasteiger partial charge in [-0.05, 0) is 17.6 Å². The molecule has 0 bridgehead atoms. The summed E-state index contributed by atoms with van der Waals surface area (Å²) in [6.07, 6.45) is 1.44. The van der Waals surface area contributed by atoms with Gasteiger partial charge in [0.05, 0.1) is 13.4 Å². The van der Waals surface area contributed by atoms with E-state index in [-0.39, 0.29) is 5.76 Å². The van der Waals surface area contributed by atoms with E-state index in [1.54, 1.807) is 36.4 Å². The molecular formula is C13H11BO5. The smallest absolute Gasteiger partial charge is 0.466 e. The monoisotopic (exact) mass is 258 g/mol. The molecule has 19 heavy (non-hydrogen) atoms. The van der Waals surface area contributed by atoms with E-state index in [0.717, 1.165) is 0 Å². The average molecular weight is 258 g/mol. The van der Waals surface area contributed by atoms with Gasteiger partial charge in [0.25, 0.3) is 0 Å². The Labute approximate surface area is 109 Å². The fourth-order valence-corrected chi connectivity index (χ4v) is 2.40. The van der Waals surface area contributed by atoms with Gasteiger partial charge >= 0.3 is 13.1 Å². The zero-order valence-corrected chi connectivity index (χ0v) is 10.2. The highest BCUT2D eigenvalue weighted by Gasteiger charge is 2.56. The molecule has 1 atom stereocenters. The Hall–Kier alpha value is -2.05. The third kappa shape index (κ3) is 1.54. The molecule has 2 aromatic rings. The van der Waals surface area contributed by atoms with E-state index in [1.165, 1.54) is 13.4 Å². The van der Waals surface area contributed by atoms with Crippen molar-refractivity contribution in [3.8, 4) is 0 Å². The molecule has 1 aromatic carbocycles. The number of fused-ring (bicyclic) bond motifs is 1. The van der Waals surface area contributed by atoms with E-state index in [2.05, 4.69) is 0 Å². The molecule has 1 aliphatic rings. The molecule has 3 rings (SSSR count). The number of hydrogen-bond donors (Lipinski definition) is 1. The Morgan fingerprint density at radius 3 is 2.79 bits per heavy atom. The Balaban J connectivity index is 2.26. The molecule has 1 N–H and O–H groups in total. The summed E-state index contributed by atoms with van der Waals surface area (Å²) in [6.45, 7) is 0. The van der Waals surface area contributed by atoms with Crippen molar-refractivity contribution in [3.63, 3.8) is 0 Å². The van der Waals surface area contributed by atoms with Crippen LogP contribution in [0, 0.1) is 0 Å². The third-order valence-electron chi connectivity index (χ3n) is 3.24. The molecule has 1 aliphatic heterocycles. The highest BCUT2D eigenvalue weighted by Crippen LogP contribution is 2.38. The second-order valence-corrected chi connectivity index (χ2v) is 4.21. The van der Waals surface area contributed by atoms with Crippen LogP contribution in [0.4, 0.5) is 0 Å². The molecule has 0 fully saturated rings. The molecule has 2 heterocycles. The molecule has 5 nitrogen and oxygen atoms in total. The lowest BCUT2D eigenvalue weighted by Crippen LogP contribution is -2.39. The Morgan fingerprint density at radius 1 is 1.32 bits per heavy atom. The van der Waals surface area contributed by atoms with E-state index in [0.29, 0.717) is 11.0 Å². The van der Waals surface area contributed by atoms with E-state index in [1.807, 2.05) is 0 Å². The molecule has 0 aliphatic carbocycles. The number of carbonyl (C=O) groups excluding carboxylic acids is 1. The van der Waals surface area contributed by atoms with E-state index >= 15 is 0 Å². The molecule has 0 amide bonds. The Kier molecular flexibility index (Phi) is 2.69. The molecule has 96 valence electrons. The number of ether oxygens (including phenoxy) is 1. The van der Waals surface area contributed by atoms with Gasteiger partial charge in [-0.2, -0.15) is 0 Å². The predicted octanol–water partition coefficient (Wildman–Crippen LogP) is 0.414. The standard InChI is InChI=1S/C13H11BO5/c1-17-12(15)13(11-7-4-8-18-11)9-5-2-3-6-10(9)14(16)19-13/h2-8,16H,1H3. The molecule has 1 aromatic heterocycles. The van der Waals surface area contributed by atoms with Gasteiger partial charge in [-0.25, -0.2) is 4.79 Å². The maximum Gasteiger partial charge on any atom is 0.492 e. The quantitative estimate of drug-likeness (QED) is 0.624. The van der Waals surface area contributed by atoms with Gasteiger partial charge < -0.3 is 18.8 Å². The van der Waals surface area contributed by atoms with Crippen molar-refractivity contribution in [3.05, 3.63) is 54.0 Å². The molecule has 6 heteroatoms. The minimum Gasteiger partial charge on any atom is -0.466 e. The highest BCUT2D eigenvalue weighted by atomic mass is 16.6. The zero-order valence-electron chi connectivity index (χ0n) is 10.2. The number of furan rings is 1. The first-order valence-electron chi connectivity index (χ1n) is 5.78. The van der Waals surface area contributed by atoms with Gasteiger partial charge in [0.1, 0.15) is 0 Å². The number of rotatable bonds is 2. The SMILES string of the molecule is COC(=O)C1(c2ccco2)OB(O)c2ccccc21. The topological polar surface area (TPSA) is 68.9 Å². The minimum absolute atomic E-state index is 0.281. The van der Waals surface area contributed by atoms with Crippen molar-refractivity contribution in [2.24, 2.45) is 0 Å². The molecular weight excluding hydrogens is 247 g/mol. The van der Waals surface area contributed by atoms with E-state index in [4.69, 9.17) is 13.8 Å². The van der Waals surface area contributed by atoms with Crippen LogP contribution in [0.3, 0.4) is 0 Å². The summed E-state index contributed by atoms with van der Waals surface area (Å²) in [6, 6.07) is 10.2. The van der Waals surface area contributed by atoms with Crippen LogP contribution in [0.15, 0.2) is 47.1 Å². The van der Waals surface area contributed by atoms with Gasteiger partial charge in [-0.3, -0.25) is 0 Å². The second kappa shape index (κ2) is 4.26. The van der Waals surface area contributed by atoms with Crippen LogP contribution in [0.5, 0.6) is 0 Å². The average Bonchev–Trinajstić information content (AvgIpc) is 3.06. The summed E-state index contributed by atoms with van der Waals surface area (Å²) in [5.41, 5.74) is -0.484. The predicted molar refractivity (Wildman–Crippen MR) is 66.6 cm³/mol. The lowest BCUT2D eigenvalue weighted by Gasteiger charge is -2.25. The van der Waals surface area contributed by atoms with Gasteiger partial charge in [-0.1, -0.05) is 24.3 Å². The van der Waals surface area contributed by atoms with Gasteiger partial charge in [0.2, 0.25) is 5.60 Å². The summed E-state index contributed by atoms with van der Waals surface area (Å²) < 4.78 is 15.6. The molecule has 1 unspecified atom stereocenters. The summed E-state index contributed by atoms with van der Waals surface area (Å²) in [5.74, 6) is -0.352. The van der Waals surface area contributed by atoms with Crippen LogP contribution in [-0.2, 0) is 19.8 Å². The summed E-state index contributed by atoms with van der Waals surface area (Å²) in [5, 5.41) is 9.99. The number of methoxy groups -OCH3 is 1. The first-order chi connectivity index (χ1) is 9.20. The van der Waals surface area contributed by atoms with Crippen molar-refractivity contribution in [1.29, 1.82) is 0 Å². The third-order valence-corrected chi connectivity index (χ3v) is 3.24. The van der Waals surface area contributed by atoms with Crippen molar-refractivity contribution < 1.29 is 23.6 Å². The van der Waals surface area contributed by atoms with Crippen LogP contribution in [-0.4, -0.2) is 25.2 Å². The van der Waals surface area contributed by atoms with Crippen LogP contribution >= 0.6 is 0 Å². The summed E-state index contributed by atoms with van der Waals surface area (Å²) in [4.78, 5) is 12.2. The van der Waals surface area contributed by atoms with Crippen LogP contribution in [0.1, 0.15) is 11.3 Å². The molecule has 0 saturated carbocycles. The van der Waals surface area contributed by atoms with Gasteiger partial charge in [0.15, 0.2) is 5.76 Å². The van der Waals surface area contributed by atoms with Crippen molar-refractivity contribution in [2.75, 3.05) is 7.11 Å². The first-order valence-corrected chi connectivity index (χ1v) is 5.78. The fraction of sp³-hybridized carbons (Fsp3) is 0.154. The summed E-state index contributed by atoms with van der Waals surface area (Å²) in [7, 11) is 0.0735. The molecule has 0 radical (unpaired) electrons. The number of hydrogen-bond acceptors (Lipinski definition) is 5. The molecule has 0 spiro atoms. The number of benzene rings is 1. The molecule has 0 saturated heterocycles. The van der Waals surface area contributed by atoms with Crippen molar-refractivity contribution in [1.82, 2.24) is 0 Å². The maximum atomic E-state index is 12.2. The van der Waals surface area contributed by atoms with Crippen LogP contribution in [0.2, 0.25) is 0 Å². The van der Waals surface area contributed by atoms with E-state index in [9.17, 15) is 9.82 Å². The van der Waals surface area contributed by atoms with E-state index < -0.39 is 18.7 Å². The summed E-state index contributed by atoms with van der Waals surface area (Å²) >= 11 is 0. The second-order valence-electron chi connectivity index (χ2n) is 4.21. The maximum absolute atomic E-state index is 12.2. The Morgan fingerprint density at radius 2 is 2.11 bits per heavy atom. The lowest BCUT2D eigenvalue weighted by atomic mass is 9.78. The number of carbonyl (C=O) groups is 1. The minimum atomic E-state index is -1.55. The number of esters is 1. The van der Waals surface area contributed by atoms with Gasteiger partial charge in [-0.15, -0.1) is 0 Å². The largest absolute Gasteiger partial charge is 0.492 e. The van der Waals surface area contributed by atoms with Crippen LogP contribution in [0.25, 0.3) is 0 Å².